The third-order valence-corrected chi connectivity index (χ3v) is 8.00. The number of carbonyl (C=O) groups excluding carboxylic acids is 3. The molecule has 0 spiro atoms. The second kappa shape index (κ2) is 11.1. The molecular weight excluding hydrogens is 499 g/mol. The zero-order valence-corrected chi connectivity index (χ0v) is 22.5. The molecule has 10 heteroatoms. The molecule has 0 aliphatic carbocycles. The third-order valence-electron chi connectivity index (χ3n) is 8.00. The van der Waals surface area contributed by atoms with E-state index in [0.29, 0.717) is 18.5 Å². The number of imidazole rings is 1. The van der Waals surface area contributed by atoms with E-state index in [1.807, 2.05) is 30.0 Å². The van der Waals surface area contributed by atoms with Crippen LogP contribution in [0.4, 0.5) is 4.39 Å². The van der Waals surface area contributed by atoms with Crippen LogP contribution in [0.1, 0.15) is 49.2 Å². The van der Waals surface area contributed by atoms with Gasteiger partial charge in [-0.05, 0) is 69.5 Å². The Labute approximate surface area is 227 Å². The minimum Gasteiger partial charge on any atom is -0.341 e. The van der Waals surface area contributed by atoms with Crippen LogP contribution in [0.15, 0.2) is 42.5 Å². The Balaban J connectivity index is 1.42. The Kier molecular flexibility index (Phi) is 7.65. The molecular formula is C29H35FN6O3. The van der Waals surface area contributed by atoms with Crippen LogP contribution in [-0.4, -0.2) is 75.8 Å². The SMILES string of the molecule is CN[C@@H](C)C(=O)N[C@H]1CN(C(=O)Cc2ccc(F)cc2)CC[C@H]2CC[C@@H](c3nc4c(C)cccc4[nH]3)N2C1=O. The highest BCUT2D eigenvalue weighted by atomic mass is 19.1. The van der Waals surface area contributed by atoms with Crippen LogP contribution < -0.4 is 10.6 Å². The van der Waals surface area contributed by atoms with E-state index in [1.54, 1.807) is 31.0 Å². The molecule has 3 aromatic rings. The molecule has 2 aromatic carbocycles. The fourth-order valence-electron chi connectivity index (χ4n) is 5.65. The van der Waals surface area contributed by atoms with Crippen molar-refractivity contribution in [2.24, 2.45) is 0 Å². The van der Waals surface area contributed by atoms with Crippen LogP contribution in [0.5, 0.6) is 0 Å². The number of nitrogens with one attached hydrogen (secondary N) is 3. The van der Waals surface area contributed by atoms with E-state index in [1.165, 1.54) is 12.1 Å². The number of aromatic amines is 1. The fourth-order valence-corrected chi connectivity index (χ4v) is 5.65. The van der Waals surface area contributed by atoms with Crippen molar-refractivity contribution in [2.75, 3.05) is 20.1 Å². The summed E-state index contributed by atoms with van der Waals surface area (Å²) in [6.07, 6.45) is 2.24. The van der Waals surface area contributed by atoms with Crippen LogP contribution in [0, 0.1) is 12.7 Å². The molecule has 2 aliphatic heterocycles. The van der Waals surface area contributed by atoms with Crippen LogP contribution >= 0.6 is 0 Å². The second-order valence-corrected chi connectivity index (χ2v) is 10.6. The molecule has 206 valence electrons. The van der Waals surface area contributed by atoms with Crippen molar-refractivity contribution in [1.29, 1.82) is 0 Å². The van der Waals surface area contributed by atoms with Gasteiger partial charge >= 0.3 is 0 Å². The van der Waals surface area contributed by atoms with Crippen LogP contribution in [0.25, 0.3) is 11.0 Å². The summed E-state index contributed by atoms with van der Waals surface area (Å²) in [6, 6.07) is 10.1. The molecule has 3 heterocycles. The molecule has 4 atom stereocenters. The maximum Gasteiger partial charge on any atom is 0.247 e. The summed E-state index contributed by atoms with van der Waals surface area (Å²) in [5.41, 5.74) is 3.57. The van der Waals surface area contributed by atoms with E-state index in [4.69, 9.17) is 4.98 Å². The number of H-pyrrole nitrogens is 1. The fraction of sp³-hybridized carbons (Fsp3) is 0.448. The number of amides is 3. The highest BCUT2D eigenvalue weighted by Gasteiger charge is 2.44. The summed E-state index contributed by atoms with van der Waals surface area (Å²) in [5, 5.41) is 5.80. The number of hydrogen-bond acceptors (Lipinski definition) is 5. The minimum absolute atomic E-state index is 0.0657. The molecule has 39 heavy (non-hydrogen) atoms. The van der Waals surface area contributed by atoms with Crippen LogP contribution in [0.3, 0.4) is 0 Å². The minimum atomic E-state index is -0.903. The van der Waals surface area contributed by atoms with Gasteiger partial charge < -0.3 is 25.4 Å². The number of fused-ring (bicyclic) bond motifs is 2. The lowest BCUT2D eigenvalue weighted by Crippen LogP contribution is -2.60. The Hall–Kier alpha value is -3.79. The average molecular weight is 535 g/mol. The highest BCUT2D eigenvalue weighted by molar-refractivity contribution is 5.91. The molecule has 2 saturated heterocycles. The lowest BCUT2D eigenvalue weighted by Gasteiger charge is -2.39. The van der Waals surface area contributed by atoms with Gasteiger partial charge in [0.05, 0.1) is 29.5 Å². The van der Waals surface area contributed by atoms with Crippen molar-refractivity contribution >= 4 is 28.8 Å². The van der Waals surface area contributed by atoms with Gasteiger partial charge in [0, 0.05) is 19.1 Å². The van der Waals surface area contributed by atoms with Gasteiger partial charge in [0.1, 0.15) is 17.7 Å². The van der Waals surface area contributed by atoms with Gasteiger partial charge in [0.25, 0.3) is 0 Å². The van der Waals surface area contributed by atoms with Gasteiger partial charge in [-0.3, -0.25) is 14.4 Å². The number of para-hydroxylation sites is 1. The summed E-state index contributed by atoms with van der Waals surface area (Å²) in [4.78, 5) is 52.1. The molecule has 0 bridgehead atoms. The molecule has 9 nitrogen and oxygen atoms in total. The van der Waals surface area contributed by atoms with E-state index < -0.39 is 12.1 Å². The monoisotopic (exact) mass is 534 g/mol. The normalized spacial score (nSPS) is 22.4. The van der Waals surface area contributed by atoms with E-state index in [9.17, 15) is 18.8 Å². The predicted molar refractivity (Wildman–Crippen MR) is 145 cm³/mol. The molecule has 3 amide bonds. The number of aryl methyl sites for hydroxylation is 1. The van der Waals surface area contributed by atoms with Gasteiger partial charge in [-0.2, -0.15) is 0 Å². The number of rotatable bonds is 6. The molecule has 2 aliphatic rings. The van der Waals surface area contributed by atoms with E-state index in [0.717, 1.165) is 35.3 Å². The Morgan fingerprint density at radius 2 is 1.92 bits per heavy atom. The van der Waals surface area contributed by atoms with Crippen LogP contribution in [0.2, 0.25) is 0 Å². The number of aromatic nitrogens is 2. The first-order chi connectivity index (χ1) is 18.7. The largest absolute Gasteiger partial charge is 0.341 e. The van der Waals surface area contributed by atoms with Gasteiger partial charge in [-0.15, -0.1) is 0 Å². The van der Waals surface area contributed by atoms with Crippen molar-refractivity contribution in [1.82, 2.24) is 30.4 Å². The summed E-state index contributed by atoms with van der Waals surface area (Å²) in [5.74, 6) is -0.302. The van der Waals surface area contributed by atoms with Gasteiger partial charge in [0.2, 0.25) is 17.7 Å². The number of likely N-dealkylation sites (N-methyl/N-ethyl adjacent to an activating group) is 1. The number of nitrogens with zero attached hydrogens (tertiary/aromatic N) is 3. The molecule has 1 aromatic heterocycles. The van der Waals surface area contributed by atoms with Crippen LogP contribution in [-0.2, 0) is 20.8 Å². The Morgan fingerprint density at radius 1 is 1.15 bits per heavy atom. The smallest absolute Gasteiger partial charge is 0.247 e. The molecule has 0 radical (unpaired) electrons. The average Bonchev–Trinajstić information content (AvgIpc) is 3.54. The zero-order valence-electron chi connectivity index (χ0n) is 22.5. The molecule has 3 N–H and O–H groups in total. The summed E-state index contributed by atoms with van der Waals surface area (Å²) >= 11 is 0. The predicted octanol–water partition coefficient (Wildman–Crippen LogP) is 2.61. The van der Waals surface area contributed by atoms with Crippen molar-refractivity contribution < 1.29 is 18.8 Å². The Morgan fingerprint density at radius 3 is 2.64 bits per heavy atom. The van der Waals surface area contributed by atoms with Gasteiger partial charge in [-0.25, -0.2) is 9.37 Å². The maximum atomic E-state index is 14.1. The summed E-state index contributed by atoms with van der Waals surface area (Å²) in [7, 11) is 1.68. The zero-order chi connectivity index (χ0) is 27.7. The van der Waals surface area contributed by atoms with Crippen molar-refractivity contribution in [3.63, 3.8) is 0 Å². The standard InChI is InChI=1S/C29H35FN6O3/c1-17-5-4-6-22-26(17)34-27(32-22)24-12-11-21-13-14-35(25(37)15-19-7-9-20(30)10-8-19)16-23(29(39)36(21)24)33-28(38)18(2)31-3/h4-10,18,21,23-24,31H,11-16H2,1-3H3,(H,32,34)(H,33,38)/t18-,21+,23-,24-/m0/s1. The Bertz CT molecular complexity index is 1370. The number of halogens is 1. The highest BCUT2D eigenvalue weighted by Crippen LogP contribution is 2.38. The summed E-state index contributed by atoms with van der Waals surface area (Å²) < 4.78 is 13.4. The number of carbonyl (C=O) groups is 3. The van der Waals surface area contributed by atoms with Crippen molar-refractivity contribution in [2.45, 2.75) is 63.7 Å². The maximum absolute atomic E-state index is 14.1. The van der Waals surface area contributed by atoms with E-state index >= 15 is 0 Å². The number of benzene rings is 2. The molecule has 5 rings (SSSR count). The third kappa shape index (κ3) is 5.52. The van der Waals surface area contributed by atoms with Gasteiger partial charge in [-0.1, -0.05) is 24.3 Å². The quantitative estimate of drug-likeness (QED) is 0.450. The van der Waals surface area contributed by atoms with Crippen molar-refractivity contribution in [3.8, 4) is 0 Å². The molecule has 0 unspecified atom stereocenters. The topological polar surface area (TPSA) is 110 Å². The lowest BCUT2D eigenvalue weighted by atomic mass is 10.0. The van der Waals surface area contributed by atoms with Gasteiger partial charge in [0.15, 0.2) is 0 Å². The van der Waals surface area contributed by atoms with E-state index in [-0.39, 0.29) is 48.6 Å². The molecule has 2 fully saturated rings. The summed E-state index contributed by atoms with van der Waals surface area (Å²) in [6.45, 7) is 4.25. The number of hydrogen-bond donors (Lipinski definition) is 3. The van der Waals surface area contributed by atoms with E-state index in [2.05, 4.69) is 15.6 Å². The molecule has 0 saturated carbocycles. The lowest BCUT2D eigenvalue weighted by molar-refractivity contribution is -0.143. The van der Waals surface area contributed by atoms with Crippen molar-refractivity contribution in [3.05, 3.63) is 65.2 Å². The second-order valence-electron chi connectivity index (χ2n) is 10.6. The first kappa shape index (κ1) is 26.8. The first-order valence-corrected chi connectivity index (χ1v) is 13.5. The first-order valence-electron chi connectivity index (χ1n) is 13.5.